The van der Waals surface area contributed by atoms with Crippen LogP contribution in [0.3, 0.4) is 0 Å². The molecule has 0 saturated carbocycles. The Labute approximate surface area is 198 Å². The molecule has 2 aromatic carbocycles. The zero-order chi connectivity index (χ0) is 23.7. The van der Waals surface area contributed by atoms with Gasteiger partial charge in [-0.15, -0.1) is 0 Å². The maximum atomic E-state index is 13.4. The lowest BCUT2D eigenvalue weighted by Crippen LogP contribution is -2.49. The average molecular weight is 496 g/mol. The van der Waals surface area contributed by atoms with Crippen LogP contribution in [0.15, 0.2) is 58.4 Å². The molecular weight excluding hydrogens is 470 g/mol. The van der Waals surface area contributed by atoms with Gasteiger partial charge < -0.3 is 4.74 Å². The van der Waals surface area contributed by atoms with E-state index in [0.29, 0.717) is 28.2 Å². The Bertz CT molecular complexity index is 1130. The van der Waals surface area contributed by atoms with Crippen LogP contribution in [0.5, 0.6) is 5.75 Å². The largest absolute Gasteiger partial charge is 0.478 e. The fraction of sp³-hybridized carbons (Fsp3) is 0.364. The van der Waals surface area contributed by atoms with Gasteiger partial charge in [0.05, 0.1) is 10.6 Å². The van der Waals surface area contributed by atoms with Gasteiger partial charge in [0.25, 0.3) is 5.91 Å². The van der Waals surface area contributed by atoms with Crippen LogP contribution in [-0.2, 0) is 14.8 Å². The number of hydrogen-bond donors (Lipinski definition) is 0. The van der Waals surface area contributed by atoms with Gasteiger partial charge in [-0.05, 0) is 56.3 Å². The molecule has 0 bridgehead atoms. The van der Waals surface area contributed by atoms with E-state index >= 15 is 0 Å². The first-order valence-corrected chi connectivity index (χ1v) is 12.6. The summed E-state index contributed by atoms with van der Waals surface area (Å²) in [6.45, 7) is 5.90. The number of carbonyl (C=O) groups is 1. The molecule has 3 rings (SSSR count). The van der Waals surface area contributed by atoms with Crippen molar-refractivity contribution in [3.05, 3.63) is 53.6 Å². The Morgan fingerprint density at radius 1 is 1.22 bits per heavy atom. The molecule has 172 valence electrons. The van der Waals surface area contributed by atoms with Crippen molar-refractivity contribution >= 4 is 50.1 Å². The van der Waals surface area contributed by atoms with Crippen LogP contribution in [0.1, 0.15) is 20.8 Å². The lowest BCUT2D eigenvalue weighted by atomic mass is 10.1. The van der Waals surface area contributed by atoms with Crippen LogP contribution in [0.2, 0.25) is 5.02 Å². The topological polar surface area (TPSA) is 79.3 Å². The molecule has 0 aromatic heterocycles. The highest BCUT2D eigenvalue weighted by Gasteiger charge is 2.40. The number of amides is 1. The lowest BCUT2D eigenvalue weighted by Gasteiger charge is -2.29. The molecule has 0 N–H and O–H groups in total. The highest BCUT2D eigenvalue weighted by atomic mass is 35.5. The van der Waals surface area contributed by atoms with Gasteiger partial charge in [0, 0.05) is 30.9 Å². The Morgan fingerprint density at radius 3 is 2.50 bits per heavy atom. The van der Waals surface area contributed by atoms with Crippen LogP contribution in [0, 0.1) is 0 Å². The van der Waals surface area contributed by atoms with Crippen molar-refractivity contribution in [1.82, 2.24) is 9.21 Å². The third kappa shape index (κ3) is 5.46. The highest BCUT2D eigenvalue weighted by Crippen LogP contribution is 2.32. The minimum Gasteiger partial charge on any atom is -0.478 e. The Morgan fingerprint density at radius 2 is 1.88 bits per heavy atom. The van der Waals surface area contributed by atoms with Crippen molar-refractivity contribution in [3.8, 4) is 5.75 Å². The van der Waals surface area contributed by atoms with E-state index in [4.69, 9.17) is 16.3 Å². The normalized spacial score (nSPS) is 18.4. The van der Waals surface area contributed by atoms with Gasteiger partial charge in [0.15, 0.2) is 10.8 Å². The van der Waals surface area contributed by atoms with Crippen LogP contribution < -0.4 is 4.74 Å². The SMILES string of the molecule is CC1CN(C(=O)C(C)(C)Oc2ccc(Cl)cc2)C(=Nc2cccc(S(=O)(=O)N(C)C)c2)S1. The maximum absolute atomic E-state index is 13.4. The first-order chi connectivity index (χ1) is 14.9. The molecule has 1 aliphatic rings. The summed E-state index contributed by atoms with van der Waals surface area (Å²) in [7, 11) is -0.632. The molecule has 32 heavy (non-hydrogen) atoms. The zero-order valence-corrected chi connectivity index (χ0v) is 21.0. The number of carbonyl (C=O) groups excluding carboxylic acids is 1. The quantitative estimate of drug-likeness (QED) is 0.593. The van der Waals surface area contributed by atoms with Gasteiger partial charge in [-0.1, -0.05) is 36.4 Å². The maximum Gasteiger partial charge on any atom is 0.272 e. The number of hydrogen-bond acceptors (Lipinski definition) is 6. The van der Waals surface area contributed by atoms with E-state index in [2.05, 4.69) is 4.99 Å². The third-order valence-corrected chi connectivity index (χ3v) is 7.88. The van der Waals surface area contributed by atoms with E-state index in [9.17, 15) is 13.2 Å². The third-order valence-electron chi connectivity index (χ3n) is 4.74. The summed E-state index contributed by atoms with van der Waals surface area (Å²) in [6, 6.07) is 13.2. The standard InChI is InChI=1S/C22H26ClN3O4S2/c1-15-14-26(20(27)22(2,3)30-18-11-9-16(23)10-12-18)21(31-15)24-17-7-6-8-19(13-17)32(28,29)25(4)5/h6-13,15H,14H2,1-5H3. The molecule has 1 fully saturated rings. The molecule has 0 aliphatic carbocycles. The molecular formula is C22H26ClN3O4S2. The molecule has 0 spiro atoms. The van der Waals surface area contributed by atoms with E-state index in [1.165, 1.54) is 38.0 Å². The van der Waals surface area contributed by atoms with Crippen molar-refractivity contribution in [2.45, 2.75) is 36.5 Å². The second-order valence-corrected chi connectivity index (χ2v) is 12.1. The number of benzene rings is 2. The number of ether oxygens (including phenoxy) is 1. The van der Waals surface area contributed by atoms with Crippen molar-refractivity contribution in [2.24, 2.45) is 4.99 Å². The number of aliphatic imine (C=N–C) groups is 1. The Kier molecular flexibility index (Phi) is 7.24. The second kappa shape index (κ2) is 9.43. The van der Waals surface area contributed by atoms with Gasteiger partial charge in [-0.2, -0.15) is 0 Å². The van der Waals surface area contributed by atoms with Crippen molar-refractivity contribution in [1.29, 1.82) is 0 Å². The number of rotatable bonds is 6. The van der Waals surface area contributed by atoms with Crippen LogP contribution >= 0.6 is 23.4 Å². The summed E-state index contributed by atoms with van der Waals surface area (Å²) in [5.74, 6) is 0.299. The summed E-state index contributed by atoms with van der Waals surface area (Å²) in [5.41, 5.74) is -0.686. The van der Waals surface area contributed by atoms with E-state index in [1.807, 2.05) is 6.92 Å². The van der Waals surface area contributed by atoms with Crippen LogP contribution in [0.4, 0.5) is 5.69 Å². The number of nitrogens with zero attached hydrogens (tertiary/aromatic N) is 3. The number of thioether (sulfide) groups is 1. The fourth-order valence-corrected chi connectivity index (χ4v) is 5.17. The Hall–Kier alpha value is -2.07. The van der Waals surface area contributed by atoms with Crippen LogP contribution in [0.25, 0.3) is 0 Å². The fourth-order valence-electron chi connectivity index (χ4n) is 3.07. The number of amidine groups is 1. The predicted molar refractivity (Wildman–Crippen MR) is 129 cm³/mol. The van der Waals surface area contributed by atoms with Gasteiger partial charge in [0.1, 0.15) is 5.75 Å². The second-order valence-electron chi connectivity index (χ2n) is 8.09. The van der Waals surface area contributed by atoms with E-state index in [-0.39, 0.29) is 16.1 Å². The minimum absolute atomic E-state index is 0.137. The summed E-state index contributed by atoms with van der Waals surface area (Å²) in [4.78, 5) is 19.7. The predicted octanol–water partition coefficient (Wildman–Crippen LogP) is 4.40. The zero-order valence-electron chi connectivity index (χ0n) is 18.6. The molecule has 1 aliphatic heterocycles. The molecule has 0 radical (unpaired) electrons. The van der Waals surface area contributed by atoms with Gasteiger partial charge >= 0.3 is 0 Å². The Balaban J connectivity index is 1.88. The van der Waals surface area contributed by atoms with Crippen LogP contribution in [-0.4, -0.2) is 60.2 Å². The lowest BCUT2D eigenvalue weighted by molar-refractivity contribution is -0.140. The molecule has 1 unspecified atom stereocenters. The van der Waals surface area contributed by atoms with E-state index < -0.39 is 15.6 Å². The van der Waals surface area contributed by atoms with E-state index in [1.54, 1.807) is 55.1 Å². The number of halogens is 1. The first-order valence-electron chi connectivity index (χ1n) is 9.94. The molecule has 10 heteroatoms. The summed E-state index contributed by atoms with van der Waals surface area (Å²) in [5, 5.41) is 1.23. The van der Waals surface area contributed by atoms with Crippen molar-refractivity contribution < 1.29 is 17.9 Å². The molecule has 2 aromatic rings. The highest BCUT2D eigenvalue weighted by molar-refractivity contribution is 8.14. The summed E-state index contributed by atoms with van der Waals surface area (Å²) in [6.07, 6.45) is 0. The van der Waals surface area contributed by atoms with Gasteiger partial charge in [-0.3, -0.25) is 9.69 Å². The molecule has 7 nitrogen and oxygen atoms in total. The van der Waals surface area contributed by atoms with Gasteiger partial charge in [-0.25, -0.2) is 17.7 Å². The molecule has 1 heterocycles. The number of sulfonamides is 1. The summed E-state index contributed by atoms with van der Waals surface area (Å²) < 4.78 is 32.0. The van der Waals surface area contributed by atoms with E-state index in [0.717, 1.165) is 4.31 Å². The molecule has 1 atom stereocenters. The molecule has 1 saturated heterocycles. The average Bonchev–Trinajstić information content (AvgIpc) is 3.08. The summed E-state index contributed by atoms with van der Waals surface area (Å²) >= 11 is 7.39. The molecule has 1 amide bonds. The van der Waals surface area contributed by atoms with Crippen molar-refractivity contribution in [2.75, 3.05) is 20.6 Å². The smallest absolute Gasteiger partial charge is 0.272 e. The van der Waals surface area contributed by atoms with Gasteiger partial charge in [0.2, 0.25) is 10.0 Å². The minimum atomic E-state index is -3.59. The van der Waals surface area contributed by atoms with Crippen molar-refractivity contribution in [3.63, 3.8) is 0 Å². The monoisotopic (exact) mass is 495 g/mol. The first kappa shape index (κ1) is 24.6.